The summed E-state index contributed by atoms with van der Waals surface area (Å²) in [6.45, 7) is 11.7. The number of amides is 1. The van der Waals surface area contributed by atoms with Gasteiger partial charge < -0.3 is 25.8 Å². The summed E-state index contributed by atoms with van der Waals surface area (Å²) >= 11 is 0. The molecular formula is C28H38N4O3. The van der Waals surface area contributed by atoms with Crippen LogP contribution in [0.1, 0.15) is 52.2 Å². The number of carbonyl (C=O) groups is 1. The summed E-state index contributed by atoms with van der Waals surface area (Å²) < 4.78 is 11.6. The maximum atomic E-state index is 12.5. The molecular weight excluding hydrogens is 440 g/mol. The van der Waals surface area contributed by atoms with Crippen LogP contribution in [0.4, 0.5) is 11.4 Å². The predicted octanol–water partition coefficient (Wildman–Crippen LogP) is 5.33. The first-order valence-electron chi connectivity index (χ1n) is 12.5. The van der Waals surface area contributed by atoms with Crippen molar-refractivity contribution in [1.29, 1.82) is 0 Å². The van der Waals surface area contributed by atoms with Gasteiger partial charge in [-0.15, -0.1) is 0 Å². The molecule has 35 heavy (non-hydrogen) atoms. The Morgan fingerprint density at radius 1 is 1.03 bits per heavy atom. The molecule has 0 radical (unpaired) electrons. The molecule has 1 heterocycles. The summed E-state index contributed by atoms with van der Waals surface area (Å²) in [5.74, 6) is 1.64. The minimum Gasteiger partial charge on any atom is -0.490 e. The van der Waals surface area contributed by atoms with E-state index < -0.39 is 6.04 Å². The van der Waals surface area contributed by atoms with Crippen LogP contribution in [-0.4, -0.2) is 30.1 Å². The molecule has 7 nitrogen and oxygen atoms in total. The van der Waals surface area contributed by atoms with Gasteiger partial charge in [0.05, 0.1) is 24.8 Å². The fourth-order valence-electron chi connectivity index (χ4n) is 4.21. The number of ether oxygens (including phenoxy) is 2. The van der Waals surface area contributed by atoms with Gasteiger partial charge >= 0.3 is 0 Å². The van der Waals surface area contributed by atoms with Gasteiger partial charge in [0.1, 0.15) is 0 Å². The number of anilines is 2. The summed E-state index contributed by atoms with van der Waals surface area (Å²) in [5.41, 5.74) is 11.0. The highest BCUT2D eigenvalue weighted by Crippen LogP contribution is 2.36. The smallest absolute Gasteiger partial charge is 0.237 e. The van der Waals surface area contributed by atoms with Crippen LogP contribution in [0.15, 0.2) is 42.6 Å². The van der Waals surface area contributed by atoms with Gasteiger partial charge in [0.2, 0.25) is 5.91 Å². The van der Waals surface area contributed by atoms with Crippen LogP contribution < -0.4 is 25.8 Å². The number of nitrogens with two attached hydrogens (primary N) is 1. The Balaban J connectivity index is 1.89. The summed E-state index contributed by atoms with van der Waals surface area (Å²) in [4.78, 5) is 17.0. The van der Waals surface area contributed by atoms with Crippen LogP contribution in [0.25, 0.3) is 10.9 Å². The zero-order valence-electron chi connectivity index (χ0n) is 21.5. The summed E-state index contributed by atoms with van der Waals surface area (Å²) in [6.07, 6.45) is 3.26. The molecule has 1 amide bonds. The zero-order chi connectivity index (χ0) is 25.4. The van der Waals surface area contributed by atoms with Gasteiger partial charge in [0.15, 0.2) is 11.5 Å². The molecule has 1 aromatic heterocycles. The Bertz CT molecular complexity index is 1150. The second-order valence-corrected chi connectivity index (χ2v) is 8.92. The highest BCUT2D eigenvalue weighted by molar-refractivity contribution is 5.95. The van der Waals surface area contributed by atoms with Crippen molar-refractivity contribution in [3.05, 3.63) is 53.7 Å². The highest BCUT2D eigenvalue weighted by atomic mass is 16.5. The van der Waals surface area contributed by atoms with E-state index in [1.807, 2.05) is 44.2 Å². The molecule has 0 bridgehead atoms. The first kappa shape index (κ1) is 26.3. The molecule has 0 aliphatic carbocycles. The van der Waals surface area contributed by atoms with Crippen molar-refractivity contribution < 1.29 is 14.3 Å². The van der Waals surface area contributed by atoms with Crippen molar-refractivity contribution in [3.8, 4) is 11.5 Å². The third-order valence-electron chi connectivity index (χ3n) is 5.82. The van der Waals surface area contributed by atoms with Crippen LogP contribution in [-0.2, 0) is 17.8 Å². The first-order valence-corrected chi connectivity index (χ1v) is 12.5. The fourth-order valence-corrected chi connectivity index (χ4v) is 4.21. The van der Waals surface area contributed by atoms with Crippen molar-refractivity contribution in [2.45, 2.75) is 60.0 Å². The van der Waals surface area contributed by atoms with E-state index >= 15 is 0 Å². The maximum absolute atomic E-state index is 12.5. The normalized spacial score (nSPS) is 12.0. The Kier molecular flexibility index (Phi) is 9.32. The van der Waals surface area contributed by atoms with E-state index in [0.717, 1.165) is 39.8 Å². The van der Waals surface area contributed by atoms with Crippen LogP contribution in [0.5, 0.6) is 11.5 Å². The van der Waals surface area contributed by atoms with Gasteiger partial charge in [-0.1, -0.05) is 32.9 Å². The van der Waals surface area contributed by atoms with Crippen molar-refractivity contribution >= 4 is 28.2 Å². The van der Waals surface area contributed by atoms with Gasteiger partial charge in [-0.3, -0.25) is 9.78 Å². The number of hydrogen-bond donors (Lipinski definition) is 3. The Hall–Kier alpha value is -3.32. The molecule has 2 aromatic carbocycles. The zero-order valence-corrected chi connectivity index (χ0v) is 21.5. The van der Waals surface area contributed by atoms with E-state index in [-0.39, 0.29) is 5.91 Å². The average Bonchev–Trinajstić information content (AvgIpc) is 2.83. The van der Waals surface area contributed by atoms with Crippen LogP contribution >= 0.6 is 0 Å². The fraction of sp³-hybridized carbons (Fsp3) is 0.429. The standard InChI is InChI=1S/C28H38N4O3/c1-6-20-19(17-31-28(33)22(29)14-18(4)5)10-9-11-23(20)32-24-12-13-30-25-16-27(35-8-3)26(34-7-2)15-21(24)25/h9-13,15-16,18,22H,6-8,14,17,29H2,1-5H3,(H,30,32)(H,31,33)/t22-/m0/s1. The van der Waals surface area contributed by atoms with Gasteiger partial charge in [0, 0.05) is 35.6 Å². The third kappa shape index (κ3) is 6.63. The molecule has 0 spiro atoms. The maximum Gasteiger partial charge on any atom is 0.237 e. The van der Waals surface area contributed by atoms with Crippen molar-refractivity contribution in [2.75, 3.05) is 18.5 Å². The number of fused-ring (bicyclic) bond motifs is 1. The van der Waals surface area contributed by atoms with Crippen molar-refractivity contribution in [3.63, 3.8) is 0 Å². The number of rotatable bonds is 12. The largest absolute Gasteiger partial charge is 0.490 e. The molecule has 0 unspecified atom stereocenters. The Labute approximate surface area is 208 Å². The topological polar surface area (TPSA) is 98.5 Å². The second kappa shape index (κ2) is 12.4. The molecule has 0 saturated heterocycles. The number of benzene rings is 2. The molecule has 3 aromatic rings. The van der Waals surface area contributed by atoms with Gasteiger partial charge in [-0.2, -0.15) is 0 Å². The minimum atomic E-state index is -0.495. The monoisotopic (exact) mass is 478 g/mol. The van der Waals surface area contributed by atoms with E-state index in [1.54, 1.807) is 6.20 Å². The molecule has 3 rings (SSSR count). The lowest BCUT2D eigenvalue weighted by Gasteiger charge is -2.19. The van der Waals surface area contributed by atoms with Crippen LogP contribution in [0.3, 0.4) is 0 Å². The number of carbonyl (C=O) groups excluding carboxylic acids is 1. The SMILES string of the molecule is CCOc1cc2nccc(Nc3cccc(CNC(=O)[C@@H](N)CC(C)C)c3CC)c2cc1OCC. The Morgan fingerprint density at radius 3 is 2.40 bits per heavy atom. The summed E-state index contributed by atoms with van der Waals surface area (Å²) in [5, 5.41) is 7.54. The minimum absolute atomic E-state index is 0.118. The molecule has 188 valence electrons. The van der Waals surface area contributed by atoms with E-state index in [4.69, 9.17) is 15.2 Å². The number of pyridine rings is 1. The number of aromatic nitrogens is 1. The van der Waals surface area contributed by atoms with Gasteiger partial charge in [0.25, 0.3) is 0 Å². The van der Waals surface area contributed by atoms with Crippen LogP contribution in [0.2, 0.25) is 0 Å². The second-order valence-electron chi connectivity index (χ2n) is 8.92. The lowest BCUT2D eigenvalue weighted by atomic mass is 10.0. The van der Waals surface area contributed by atoms with Gasteiger partial charge in [-0.25, -0.2) is 0 Å². The van der Waals surface area contributed by atoms with Crippen molar-refractivity contribution in [1.82, 2.24) is 10.3 Å². The summed E-state index contributed by atoms with van der Waals surface area (Å²) in [6, 6.07) is 11.5. The number of hydrogen-bond acceptors (Lipinski definition) is 6. The average molecular weight is 479 g/mol. The van der Waals surface area contributed by atoms with E-state index in [9.17, 15) is 4.79 Å². The van der Waals surface area contributed by atoms with Crippen LogP contribution in [0, 0.1) is 5.92 Å². The third-order valence-corrected chi connectivity index (χ3v) is 5.82. The van der Waals surface area contributed by atoms with E-state index in [0.29, 0.717) is 43.6 Å². The summed E-state index contributed by atoms with van der Waals surface area (Å²) in [7, 11) is 0. The predicted molar refractivity (Wildman–Crippen MR) is 142 cm³/mol. The van der Waals surface area contributed by atoms with Gasteiger partial charge in [-0.05, 0) is 61.9 Å². The molecule has 0 aliphatic rings. The highest BCUT2D eigenvalue weighted by Gasteiger charge is 2.16. The quantitative estimate of drug-likeness (QED) is 0.326. The van der Waals surface area contributed by atoms with E-state index in [2.05, 4.69) is 42.5 Å². The lowest BCUT2D eigenvalue weighted by Crippen LogP contribution is -2.41. The Morgan fingerprint density at radius 2 is 1.74 bits per heavy atom. The number of nitrogens with one attached hydrogen (secondary N) is 2. The molecule has 7 heteroatoms. The molecule has 1 atom stereocenters. The molecule has 0 fully saturated rings. The first-order chi connectivity index (χ1) is 16.9. The molecule has 0 saturated carbocycles. The number of nitrogens with zero attached hydrogens (tertiary/aromatic N) is 1. The van der Waals surface area contributed by atoms with Crippen molar-refractivity contribution in [2.24, 2.45) is 11.7 Å². The van der Waals surface area contributed by atoms with E-state index in [1.165, 1.54) is 0 Å². The molecule has 0 aliphatic heterocycles. The lowest BCUT2D eigenvalue weighted by molar-refractivity contribution is -0.122. The molecule has 4 N–H and O–H groups in total.